The molecule has 2 rings (SSSR count). The molecule has 0 fully saturated rings. The Morgan fingerprint density at radius 2 is 2.29 bits per heavy atom. The van der Waals surface area contributed by atoms with Gasteiger partial charge in [0.2, 0.25) is 0 Å². The lowest BCUT2D eigenvalue weighted by atomic mass is 10.1. The molecule has 2 heteroatoms. The molecule has 0 saturated carbocycles. The Morgan fingerprint density at radius 3 is 3.07 bits per heavy atom. The Morgan fingerprint density at radius 1 is 1.43 bits per heavy atom. The van der Waals surface area contributed by atoms with E-state index in [-0.39, 0.29) is 0 Å². The molecule has 2 N–H and O–H groups in total. The Kier molecular flexibility index (Phi) is 2.92. The monoisotopic (exact) mass is 192 g/mol. The van der Waals surface area contributed by atoms with Crippen LogP contribution in [0.25, 0.3) is 0 Å². The van der Waals surface area contributed by atoms with Gasteiger partial charge < -0.3 is 10.3 Å². The summed E-state index contributed by atoms with van der Waals surface area (Å²) < 4.78 is 2.52. The molecule has 0 radical (unpaired) electrons. The smallest absolute Gasteiger partial charge is 0.0225 e. The number of hydrogen-bond acceptors (Lipinski definition) is 1. The summed E-state index contributed by atoms with van der Waals surface area (Å²) in [6.07, 6.45) is 6.24. The summed E-state index contributed by atoms with van der Waals surface area (Å²) in [6, 6.07) is 2.37. The SMILES string of the molecule is Cc1cc2n(c1CCCN)CCCC2. The molecule has 78 valence electrons. The molecule has 0 aromatic carbocycles. The highest BCUT2D eigenvalue weighted by atomic mass is 15.0. The van der Waals surface area contributed by atoms with Crippen LogP contribution in [0.2, 0.25) is 0 Å². The predicted molar refractivity (Wildman–Crippen MR) is 59.5 cm³/mol. The van der Waals surface area contributed by atoms with Crippen molar-refractivity contribution in [3.63, 3.8) is 0 Å². The first-order chi connectivity index (χ1) is 6.83. The highest BCUT2D eigenvalue weighted by Crippen LogP contribution is 2.23. The van der Waals surface area contributed by atoms with Gasteiger partial charge in [-0.1, -0.05) is 0 Å². The molecule has 0 atom stereocenters. The van der Waals surface area contributed by atoms with Crippen molar-refractivity contribution in [2.24, 2.45) is 5.73 Å². The maximum atomic E-state index is 5.56. The van der Waals surface area contributed by atoms with E-state index in [2.05, 4.69) is 17.6 Å². The largest absolute Gasteiger partial charge is 0.348 e. The quantitative estimate of drug-likeness (QED) is 0.780. The van der Waals surface area contributed by atoms with Gasteiger partial charge in [-0.3, -0.25) is 0 Å². The third-order valence-electron chi connectivity index (χ3n) is 3.19. The molecule has 14 heavy (non-hydrogen) atoms. The van der Waals surface area contributed by atoms with E-state index in [1.807, 2.05) is 0 Å². The zero-order valence-corrected chi connectivity index (χ0v) is 9.05. The number of rotatable bonds is 3. The molecular formula is C12H20N2. The van der Waals surface area contributed by atoms with Gasteiger partial charge >= 0.3 is 0 Å². The van der Waals surface area contributed by atoms with E-state index in [1.165, 1.54) is 37.1 Å². The zero-order valence-electron chi connectivity index (χ0n) is 9.05. The number of nitrogens with two attached hydrogens (primary N) is 1. The lowest BCUT2D eigenvalue weighted by molar-refractivity contribution is 0.514. The van der Waals surface area contributed by atoms with E-state index in [9.17, 15) is 0 Å². The van der Waals surface area contributed by atoms with Crippen LogP contribution >= 0.6 is 0 Å². The maximum absolute atomic E-state index is 5.56. The van der Waals surface area contributed by atoms with Gasteiger partial charge in [-0.25, -0.2) is 0 Å². The van der Waals surface area contributed by atoms with Crippen LogP contribution in [0, 0.1) is 6.92 Å². The minimum absolute atomic E-state index is 0.806. The van der Waals surface area contributed by atoms with Crippen LogP contribution in [0.5, 0.6) is 0 Å². The molecule has 0 aliphatic carbocycles. The molecular weight excluding hydrogens is 172 g/mol. The van der Waals surface area contributed by atoms with E-state index in [0.717, 1.165) is 19.4 Å². The second kappa shape index (κ2) is 4.18. The summed E-state index contributed by atoms with van der Waals surface area (Å²) in [4.78, 5) is 0. The molecule has 0 amide bonds. The van der Waals surface area contributed by atoms with E-state index in [1.54, 1.807) is 5.69 Å². The molecule has 0 bridgehead atoms. The number of fused-ring (bicyclic) bond motifs is 1. The number of aryl methyl sites for hydroxylation is 2. The Balaban J connectivity index is 2.24. The third-order valence-corrected chi connectivity index (χ3v) is 3.19. The molecule has 2 nitrogen and oxygen atoms in total. The molecule has 0 spiro atoms. The van der Waals surface area contributed by atoms with Gasteiger partial charge in [0, 0.05) is 17.9 Å². The van der Waals surface area contributed by atoms with Crippen molar-refractivity contribution >= 4 is 0 Å². The van der Waals surface area contributed by atoms with Crippen molar-refractivity contribution in [1.82, 2.24) is 4.57 Å². The predicted octanol–water partition coefficient (Wildman–Crippen LogP) is 2.02. The van der Waals surface area contributed by atoms with Gasteiger partial charge in [0.15, 0.2) is 0 Å². The lowest BCUT2D eigenvalue weighted by Gasteiger charge is -2.18. The fourth-order valence-electron chi connectivity index (χ4n) is 2.46. The number of hydrogen-bond donors (Lipinski definition) is 1. The third kappa shape index (κ3) is 1.71. The molecule has 1 aliphatic rings. The van der Waals surface area contributed by atoms with Crippen molar-refractivity contribution in [2.75, 3.05) is 6.54 Å². The van der Waals surface area contributed by atoms with Crippen LogP contribution in [0.1, 0.15) is 36.2 Å². The van der Waals surface area contributed by atoms with Crippen LogP contribution in [-0.4, -0.2) is 11.1 Å². The van der Waals surface area contributed by atoms with E-state index < -0.39 is 0 Å². The van der Waals surface area contributed by atoms with Crippen molar-refractivity contribution in [2.45, 2.75) is 45.6 Å². The topological polar surface area (TPSA) is 30.9 Å². The van der Waals surface area contributed by atoms with Gasteiger partial charge in [0.25, 0.3) is 0 Å². The van der Waals surface area contributed by atoms with Gasteiger partial charge in [-0.15, -0.1) is 0 Å². The maximum Gasteiger partial charge on any atom is 0.0225 e. The minimum atomic E-state index is 0.806. The Hall–Kier alpha value is -0.760. The van der Waals surface area contributed by atoms with E-state index >= 15 is 0 Å². The molecule has 0 unspecified atom stereocenters. The summed E-state index contributed by atoms with van der Waals surface area (Å²) in [7, 11) is 0. The lowest BCUT2D eigenvalue weighted by Crippen LogP contribution is -2.13. The number of nitrogens with zero attached hydrogens (tertiary/aromatic N) is 1. The molecule has 1 aromatic rings. The summed E-state index contributed by atoms with van der Waals surface area (Å²) in [5, 5.41) is 0. The fraction of sp³-hybridized carbons (Fsp3) is 0.667. The summed E-state index contributed by atoms with van der Waals surface area (Å²) in [5.74, 6) is 0. The van der Waals surface area contributed by atoms with Crippen LogP contribution in [-0.2, 0) is 19.4 Å². The van der Waals surface area contributed by atoms with E-state index in [0.29, 0.717) is 0 Å². The Labute approximate surface area is 86.1 Å². The van der Waals surface area contributed by atoms with Gasteiger partial charge in [0.1, 0.15) is 0 Å². The van der Waals surface area contributed by atoms with Crippen molar-refractivity contribution < 1.29 is 0 Å². The molecule has 1 aliphatic heterocycles. The van der Waals surface area contributed by atoms with Crippen molar-refractivity contribution in [3.05, 3.63) is 23.0 Å². The second-order valence-electron chi connectivity index (χ2n) is 4.27. The van der Waals surface area contributed by atoms with Crippen LogP contribution in [0.3, 0.4) is 0 Å². The van der Waals surface area contributed by atoms with Crippen molar-refractivity contribution in [3.8, 4) is 0 Å². The van der Waals surface area contributed by atoms with Crippen LogP contribution < -0.4 is 5.73 Å². The highest BCUT2D eigenvalue weighted by molar-refractivity contribution is 5.28. The first-order valence-electron chi connectivity index (χ1n) is 5.71. The fourth-order valence-corrected chi connectivity index (χ4v) is 2.46. The second-order valence-corrected chi connectivity index (χ2v) is 4.27. The molecule has 1 aromatic heterocycles. The highest BCUT2D eigenvalue weighted by Gasteiger charge is 2.14. The van der Waals surface area contributed by atoms with Gasteiger partial charge in [0.05, 0.1) is 0 Å². The minimum Gasteiger partial charge on any atom is -0.348 e. The first kappa shape index (κ1) is 9.78. The van der Waals surface area contributed by atoms with E-state index in [4.69, 9.17) is 5.73 Å². The zero-order chi connectivity index (χ0) is 9.97. The summed E-state index contributed by atoms with van der Waals surface area (Å²) in [5.41, 5.74) is 10.1. The average molecular weight is 192 g/mol. The van der Waals surface area contributed by atoms with Gasteiger partial charge in [-0.05, 0) is 57.2 Å². The molecule has 0 saturated heterocycles. The summed E-state index contributed by atoms with van der Waals surface area (Å²) >= 11 is 0. The van der Waals surface area contributed by atoms with Crippen LogP contribution in [0.4, 0.5) is 0 Å². The summed E-state index contributed by atoms with van der Waals surface area (Å²) in [6.45, 7) is 4.26. The molecule has 2 heterocycles. The first-order valence-corrected chi connectivity index (χ1v) is 5.71. The number of aromatic nitrogens is 1. The van der Waals surface area contributed by atoms with Gasteiger partial charge in [-0.2, -0.15) is 0 Å². The Bertz CT molecular complexity index is 312. The van der Waals surface area contributed by atoms with Crippen molar-refractivity contribution in [1.29, 1.82) is 0 Å². The average Bonchev–Trinajstić information content (AvgIpc) is 2.51. The standard InChI is InChI=1S/C12H20N2/c1-10-9-11-5-2-3-8-14(11)12(10)6-4-7-13/h9H,2-8,13H2,1H3. The normalized spacial score (nSPS) is 15.6. The van der Waals surface area contributed by atoms with Crippen LogP contribution in [0.15, 0.2) is 6.07 Å².